The van der Waals surface area contributed by atoms with Crippen LogP contribution in [0.25, 0.3) is 16.8 Å². The highest BCUT2D eigenvalue weighted by molar-refractivity contribution is 5.82. The van der Waals surface area contributed by atoms with Crippen molar-refractivity contribution in [3.8, 4) is 28.4 Å². The second kappa shape index (κ2) is 7.83. The number of fused-ring (bicyclic) bond motifs is 2. The number of nitrogens with one attached hydrogen (secondary N) is 1. The van der Waals surface area contributed by atoms with Gasteiger partial charge in [0.2, 0.25) is 6.79 Å². The number of rotatable bonds is 6. The van der Waals surface area contributed by atoms with Gasteiger partial charge in [-0.15, -0.1) is 0 Å². The summed E-state index contributed by atoms with van der Waals surface area (Å²) in [5.41, 5.74) is 5.03. The van der Waals surface area contributed by atoms with Crippen molar-refractivity contribution in [1.82, 2.24) is 14.6 Å². The number of nitrogens with zero attached hydrogens (tertiary/aromatic N) is 3. The van der Waals surface area contributed by atoms with Gasteiger partial charge in [-0.05, 0) is 47.4 Å². The van der Waals surface area contributed by atoms with E-state index in [1.807, 2.05) is 41.0 Å². The minimum absolute atomic E-state index is 0.273. The minimum Gasteiger partial charge on any atom is -0.496 e. The van der Waals surface area contributed by atoms with Crippen LogP contribution in [0.15, 0.2) is 54.9 Å². The molecule has 1 aliphatic rings. The lowest BCUT2D eigenvalue weighted by Gasteiger charge is -2.12. The van der Waals surface area contributed by atoms with Crippen LogP contribution < -0.4 is 19.5 Å². The molecule has 31 heavy (non-hydrogen) atoms. The Morgan fingerprint density at radius 1 is 1.06 bits per heavy atom. The summed E-state index contributed by atoms with van der Waals surface area (Å²) in [4.78, 5) is 4.60. The van der Waals surface area contributed by atoms with Crippen molar-refractivity contribution in [3.05, 3.63) is 66.0 Å². The third kappa shape index (κ3) is 3.52. The smallest absolute Gasteiger partial charge is 0.231 e. The van der Waals surface area contributed by atoms with Gasteiger partial charge in [0.15, 0.2) is 17.1 Å². The zero-order chi connectivity index (χ0) is 21.4. The molecule has 2 aromatic carbocycles. The van der Waals surface area contributed by atoms with E-state index in [0.717, 1.165) is 45.4 Å². The first-order valence-corrected chi connectivity index (χ1v) is 10.3. The summed E-state index contributed by atoms with van der Waals surface area (Å²) in [7, 11) is 1.69. The molecule has 0 bridgehead atoms. The molecule has 4 aromatic rings. The van der Waals surface area contributed by atoms with Crippen LogP contribution in [0.4, 0.5) is 5.82 Å². The molecular formula is C24H24N4O3. The van der Waals surface area contributed by atoms with E-state index in [1.54, 1.807) is 13.3 Å². The molecule has 0 amide bonds. The minimum atomic E-state index is 0.273. The predicted molar refractivity (Wildman–Crippen MR) is 119 cm³/mol. The van der Waals surface area contributed by atoms with E-state index in [2.05, 4.69) is 41.4 Å². The first-order chi connectivity index (χ1) is 15.1. The zero-order valence-electron chi connectivity index (χ0n) is 17.8. The van der Waals surface area contributed by atoms with Crippen molar-refractivity contribution < 1.29 is 14.2 Å². The van der Waals surface area contributed by atoms with Gasteiger partial charge in [0, 0.05) is 18.3 Å². The fourth-order valence-electron chi connectivity index (χ4n) is 3.75. The van der Waals surface area contributed by atoms with E-state index in [4.69, 9.17) is 14.2 Å². The lowest BCUT2D eigenvalue weighted by Crippen LogP contribution is -2.05. The second-order valence-corrected chi connectivity index (χ2v) is 7.78. The van der Waals surface area contributed by atoms with Crippen LogP contribution in [0, 0.1) is 0 Å². The number of ether oxygens (including phenoxy) is 3. The highest BCUT2D eigenvalue weighted by Gasteiger charge is 2.17. The summed E-state index contributed by atoms with van der Waals surface area (Å²) in [5, 5.41) is 8.06. The number of aromatic nitrogens is 3. The monoisotopic (exact) mass is 416 g/mol. The van der Waals surface area contributed by atoms with Gasteiger partial charge in [0.1, 0.15) is 11.6 Å². The van der Waals surface area contributed by atoms with Crippen LogP contribution in [-0.4, -0.2) is 28.5 Å². The van der Waals surface area contributed by atoms with Gasteiger partial charge < -0.3 is 19.5 Å². The van der Waals surface area contributed by atoms with E-state index < -0.39 is 0 Å². The van der Waals surface area contributed by atoms with Crippen LogP contribution >= 0.6 is 0 Å². The van der Waals surface area contributed by atoms with Gasteiger partial charge >= 0.3 is 0 Å². The van der Waals surface area contributed by atoms with Crippen molar-refractivity contribution in [2.75, 3.05) is 19.2 Å². The lowest BCUT2D eigenvalue weighted by molar-refractivity contribution is 0.174. The molecular weight excluding hydrogens is 392 g/mol. The summed E-state index contributed by atoms with van der Waals surface area (Å²) in [6.07, 6.45) is 3.64. The highest BCUT2D eigenvalue weighted by Crippen LogP contribution is 2.36. The van der Waals surface area contributed by atoms with Crippen LogP contribution in [0.2, 0.25) is 0 Å². The summed E-state index contributed by atoms with van der Waals surface area (Å²) in [6, 6.07) is 14.1. The van der Waals surface area contributed by atoms with Crippen molar-refractivity contribution in [3.63, 3.8) is 0 Å². The molecule has 1 aliphatic heterocycles. The Morgan fingerprint density at radius 2 is 1.94 bits per heavy atom. The summed E-state index contributed by atoms with van der Waals surface area (Å²) < 4.78 is 18.3. The van der Waals surface area contributed by atoms with Gasteiger partial charge in [-0.1, -0.05) is 26.0 Å². The Morgan fingerprint density at radius 3 is 2.77 bits per heavy atom. The van der Waals surface area contributed by atoms with Crippen molar-refractivity contribution in [2.24, 2.45) is 0 Å². The summed E-state index contributed by atoms with van der Waals surface area (Å²) in [5.74, 6) is 3.63. The Hall–Kier alpha value is -3.74. The third-order valence-electron chi connectivity index (χ3n) is 5.49. The standard InChI is InChI=1S/C24H24N4O3/c1-15(2)17-5-7-20(29-3)18(11-17)19-13-27-28-23(8-9-25-24(19)28)26-12-16-4-6-21-22(10-16)31-14-30-21/h4-11,13,15,26H,12,14H2,1-3H3. The maximum absolute atomic E-state index is 5.62. The van der Waals surface area contributed by atoms with Gasteiger partial charge in [-0.3, -0.25) is 0 Å². The number of benzene rings is 2. The summed E-state index contributed by atoms with van der Waals surface area (Å²) >= 11 is 0. The largest absolute Gasteiger partial charge is 0.496 e. The second-order valence-electron chi connectivity index (χ2n) is 7.78. The Bertz CT molecular complexity index is 1250. The van der Waals surface area contributed by atoms with Crippen LogP contribution in [0.1, 0.15) is 30.9 Å². The molecule has 0 spiro atoms. The molecule has 0 unspecified atom stereocenters. The third-order valence-corrected chi connectivity index (χ3v) is 5.49. The number of methoxy groups -OCH3 is 1. The van der Waals surface area contributed by atoms with Gasteiger partial charge in [-0.2, -0.15) is 9.61 Å². The Balaban J connectivity index is 1.47. The fraction of sp³-hybridized carbons (Fsp3) is 0.250. The molecule has 7 nitrogen and oxygen atoms in total. The SMILES string of the molecule is COc1ccc(C(C)C)cc1-c1cnn2c(NCc3ccc4c(c3)OCO4)ccnc12. The number of hydrogen-bond acceptors (Lipinski definition) is 6. The first-order valence-electron chi connectivity index (χ1n) is 10.3. The predicted octanol–water partition coefficient (Wildman–Crippen LogP) is 4.87. The van der Waals surface area contributed by atoms with Gasteiger partial charge in [-0.25, -0.2) is 4.98 Å². The van der Waals surface area contributed by atoms with E-state index in [0.29, 0.717) is 12.5 Å². The normalized spacial score (nSPS) is 12.5. The molecule has 0 saturated carbocycles. The molecule has 3 heterocycles. The molecule has 0 atom stereocenters. The van der Waals surface area contributed by atoms with Gasteiger partial charge in [0.25, 0.3) is 0 Å². The van der Waals surface area contributed by atoms with Gasteiger partial charge in [0.05, 0.1) is 18.9 Å². The molecule has 0 fully saturated rings. The van der Waals surface area contributed by atoms with Crippen LogP contribution in [0.5, 0.6) is 17.2 Å². The van der Waals surface area contributed by atoms with Crippen molar-refractivity contribution in [1.29, 1.82) is 0 Å². The van der Waals surface area contributed by atoms with E-state index >= 15 is 0 Å². The highest BCUT2D eigenvalue weighted by atomic mass is 16.7. The Kier molecular flexibility index (Phi) is 4.86. The van der Waals surface area contributed by atoms with E-state index in [1.165, 1.54) is 5.56 Å². The topological polar surface area (TPSA) is 69.9 Å². The average molecular weight is 416 g/mol. The van der Waals surface area contributed by atoms with E-state index in [-0.39, 0.29) is 6.79 Å². The molecule has 5 rings (SSSR count). The number of anilines is 1. The van der Waals surface area contributed by atoms with Crippen LogP contribution in [-0.2, 0) is 6.54 Å². The molecule has 0 saturated heterocycles. The average Bonchev–Trinajstić information content (AvgIpc) is 3.44. The molecule has 158 valence electrons. The van der Waals surface area contributed by atoms with Crippen LogP contribution in [0.3, 0.4) is 0 Å². The zero-order valence-corrected chi connectivity index (χ0v) is 17.8. The molecule has 0 aliphatic carbocycles. The lowest BCUT2D eigenvalue weighted by atomic mass is 9.97. The molecule has 0 radical (unpaired) electrons. The molecule has 2 aromatic heterocycles. The van der Waals surface area contributed by atoms with E-state index in [9.17, 15) is 0 Å². The van der Waals surface area contributed by atoms with Crippen molar-refractivity contribution >= 4 is 11.5 Å². The number of hydrogen-bond donors (Lipinski definition) is 1. The summed E-state index contributed by atoms with van der Waals surface area (Å²) in [6.45, 7) is 5.25. The molecule has 7 heteroatoms. The quantitative estimate of drug-likeness (QED) is 0.484. The fourth-order valence-corrected chi connectivity index (χ4v) is 3.75. The Labute approximate surface area is 180 Å². The maximum atomic E-state index is 5.62. The van der Waals surface area contributed by atoms with Crippen molar-refractivity contribution in [2.45, 2.75) is 26.3 Å². The molecule has 1 N–H and O–H groups in total. The maximum Gasteiger partial charge on any atom is 0.231 e. The first kappa shape index (κ1) is 19.2.